The molecule has 4 nitrogen and oxygen atoms in total. The van der Waals surface area contributed by atoms with E-state index in [0.29, 0.717) is 0 Å². The van der Waals surface area contributed by atoms with Crippen LogP contribution in [0.4, 0.5) is 4.79 Å². The maximum Gasteiger partial charge on any atom is 0.328 e. The summed E-state index contributed by atoms with van der Waals surface area (Å²) < 4.78 is -1.39. The summed E-state index contributed by atoms with van der Waals surface area (Å²) in [5.41, 5.74) is 0. The molecule has 1 fully saturated rings. The van der Waals surface area contributed by atoms with Gasteiger partial charge in [0.1, 0.15) is 0 Å². The molecule has 1 saturated heterocycles. The second-order valence-electron chi connectivity index (χ2n) is 2.25. The van der Waals surface area contributed by atoms with Gasteiger partial charge in [-0.25, -0.2) is 4.79 Å². The molecule has 3 amide bonds. The second kappa shape index (κ2) is 2.35. The van der Waals surface area contributed by atoms with E-state index in [9.17, 15) is 9.59 Å². The minimum absolute atomic E-state index is 0.415. The molecule has 6 heteroatoms. The summed E-state index contributed by atoms with van der Waals surface area (Å²) in [5.74, 6) is -0.466. The van der Waals surface area contributed by atoms with Gasteiger partial charge in [-0.3, -0.25) is 14.6 Å². The monoisotopic (exact) mass is 240 g/mol. The predicted molar refractivity (Wildman–Crippen MR) is 43.4 cm³/mol. The van der Waals surface area contributed by atoms with Crippen LogP contribution < -0.4 is 0 Å². The molecule has 0 aliphatic carbocycles. The van der Waals surface area contributed by atoms with Crippen LogP contribution in [-0.2, 0) is 4.79 Å². The maximum atomic E-state index is 11.1. The van der Waals surface area contributed by atoms with Gasteiger partial charge < -0.3 is 0 Å². The van der Waals surface area contributed by atoms with Crippen molar-refractivity contribution in [1.29, 1.82) is 0 Å². The lowest BCUT2D eigenvalue weighted by Gasteiger charge is -2.17. The van der Waals surface area contributed by atoms with Gasteiger partial charge in [0.15, 0.2) is 0 Å². The van der Waals surface area contributed by atoms with Crippen molar-refractivity contribution in [3.05, 3.63) is 0 Å². The highest BCUT2D eigenvalue weighted by atomic mass is 79.9. The van der Waals surface area contributed by atoms with E-state index in [1.165, 1.54) is 14.1 Å². The van der Waals surface area contributed by atoms with Gasteiger partial charge in [0.25, 0.3) is 9.81 Å². The van der Waals surface area contributed by atoms with Crippen LogP contribution >= 0.6 is 27.5 Å². The van der Waals surface area contributed by atoms with E-state index < -0.39 is 15.8 Å². The Kier molecular flexibility index (Phi) is 1.88. The van der Waals surface area contributed by atoms with Gasteiger partial charge in [-0.2, -0.15) is 0 Å². The van der Waals surface area contributed by atoms with E-state index >= 15 is 0 Å². The fraction of sp³-hybridized carbons (Fsp3) is 0.600. The van der Waals surface area contributed by atoms with Crippen LogP contribution in [0.2, 0.25) is 0 Å². The summed E-state index contributed by atoms with van der Waals surface area (Å²) in [6.07, 6.45) is 0. The topological polar surface area (TPSA) is 40.6 Å². The molecule has 0 saturated carbocycles. The fourth-order valence-electron chi connectivity index (χ4n) is 0.777. The average Bonchev–Trinajstić information content (AvgIpc) is 2.06. The third-order valence-corrected chi connectivity index (χ3v) is 2.84. The summed E-state index contributed by atoms with van der Waals surface area (Å²) >= 11 is 8.62. The van der Waals surface area contributed by atoms with Gasteiger partial charge in [-0.15, -0.1) is 0 Å². The standard InChI is InChI=1S/C5H6BrClN2O2/c1-8-3(10)5(6,7)9(2)4(8)11/h1-2H3. The van der Waals surface area contributed by atoms with Gasteiger partial charge >= 0.3 is 6.03 Å². The van der Waals surface area contributed by atoms with Crippen LogP contribution in [0.5, 0.6) is 0 Å². The van der Waals surface area contributed by atoms with Crippen molar-refractivity contribution in [3.8, 4) is 0 Å². The number of amides is 3. The number of carbonyl (C=O) groups excluding carboxylic acids is 2. The smallest absolute Gasteiger partial charge is 0.291 e. The predicted octanol–water partition coefficient (Wildman–Crippen LogP) is 0.798. The zero-order chi connectivity index (χ0) is 8.81. The molecule has 62 valence electrons. The van der Waals surface area contributed by atoms with Crippen LogP contribution in [0.15, 0.2) is 0 Å². The van der Waals surface area contributed by atoms with Crippen LogP contribution in [0.25, 0.3) is 0 Å². The number of carbonyl (C=O) groups is 2. The number of rotatable bonds is 0. The molecule has 0 aromatic heterocycles. The average molecular weight is 241 g/mol. The summed E-state index contributed by atoms with van der Waals surface area (Å²) in [6, 6.07) is -0.415. The van der Waals surface area contributed by atoms with Crippen molar-refractivity contribution in [1.82, 2.24) is 9.80 Å². The molecule has 1 aliphatic heterocycles. The van der Waals surface area contributed by atoms with Crippen molar-refractivity contribution in [3.63, 3.8) is 0 Å². The Labute approximate surface area is 77.2 Å². The molecule has 11 heavy (non-hydrogen) atoms. The Morgan fingerprint density at radius 3 is 2.00 bits per heavy atom. The second-order valence-corrected chi connectivity index (χ2v) is 4.40. The highest BCUT2D eigenvalue weighted by Gasteiger charge is 2.51. The Balaban J connectivity index is 3.06. The molecule has 1 heterocycles. The molecule has 0 spiro atoms. The van der Waals surface area contributed by atoms with Gasteiger partial charge in [-0.1, -0.05) is 11.6 Å². The van der Waals surface area contributed by atoms with E-state index in [1.54, 1.807) is 0 Å². The highest BCUT2D eigenvalue weighted by molar-refractivity contribution is 9.10. The molecule has 0 aromatic rings. The van der Waals surface area contributed by atoms with Crippen LogP contribution in [0.3, 0.4) is 0 Å². The molecule has 1 aliphatic rings. The highest BCUT2D eigenvalue weighted by Crippen LogP contribution is 2.35. The minimum Gasteiger partial charge on any atom is -0.291 e. The third kappa shape index (κ3) is 1.03. The summed E-state index contributed by atoms with van der Waals surface area (Å²) in [4.78, 5) is 24.3. The van der Waals surface area contributed by atoms with Crippen molar-refractivity contribution >= 4 is 39.5 Å². The number of hydrogen-bond donors (Lipinski definition) is 0. The number of halogens is 2. The normalized spacial score (nSPS) is 32.0. The van der Waals surface area contributed by atoms with Crippen molar-refractivity contribution in [2.24, 2.45) is 0 Å². The van der Waals surface area contributed by atoms with Gasteiger partial charge in [0.2, 0.25) is 0 Å². The first-order valence-electron chi connectivity index (χ1n) is 2.83. The SMILES string of the molecule is CN1C(=O)N(C)C(Cl)(Br)C1=O. The lowest BCUT2D eigenvalue weighted by Crippen LogP contribution is -2.35. The van der Waals surface area contributed by atoms with E-state index in [1.807, 2.05) is 0 Å². The van der Waals surface area contributed by atoms with Gasteiger partial charge in [0, 0.05) is 14.1 Å². The molecular formula is C5H6BrClN2O2. The molecule has 1 unspecified atom stereocenters. The van der Waals surface area contributed by atoms with Crippen molar-refractivity contribution < 1.29 is 9.59 Å². The lowest BCUT2D eigenvalue weighted by atomic mass is 10.6. The van der Waals surface area contributed by atoms with E-state index in [0.717, 1.165) is 9.80 Å². The van der Waals surface area contributed by atoms with E-state index in [4.69, 9.17) is 11.6 Å². The first kappa shape index (κ1) is 8.80. The minimum atomic E-state index is -1.39. The fourth-order valence-corrected chi connectivity index (χ4v) is 1.39. The van der Waals surface area contributed by atoms with Crippen molar-refractivity contribution in [2.45, 2.75) is 3.91 Å². The van der Waals surface area contributed by atoms with Crippen molar-refractivity contribution in [2.75, 3.05) is 14.1 Å². The molecule has 1 rings (SSSR count). The van der Waals surface area contributed by atoms with Crippen LogP contribution in [-0.4, -0.2) is 39.7 Å². The number of likely N-dealkylation sites (N-methyl/N-ethyl adjacent to an activating group) is 2. The Bertz CT molecular complexity index is 231. The summed E-state index contributed by atoms with van der Waals surface area (Å²) in [6.45, 7) is 0. The Morgan fingerprint density at radius 2 is 1.91 bits per heavy atom. The third-order valence-electron chi connectivity index (χ3n) is 1.56. The zero-order valence-electron chi connectivity index (χ0n) is 5.97. The van der Waals surface area contributed by atoms with E-state index in [-0.39, 0.29) is 0 Å². The molecule has 0 radical (unpaired) electrons. The number of urea groups is 1. The number of nitrogens with zero attached hydrogens (tertiary/aromatic N) is 2. The van der Waals surface area contributed by atoms with Crippen LogP contribution in [0, 0.1) is 0 Å². The maximum absolute atomic E-state index is 11.1. The molecule has 1 atom stereocenters. The Hall–Kier alpha value is -0.290. The Morgan fingerprint density at radius 1 is 1.45 bits per heavy atom. The summed E-state index contributed by atoms with van der Waals surface area (Å²) in [7, 11) is 2.83. The molecular weight excluding hydrogens is 235 g/mol. The quantitative estimate of drug-likeness (QED) is 0.357. The molecule has 0 N–H and O–H groups in total. The summed E-state index contributed by atoms with van der Waals surface area (Å²) in [5, 5.41) is 0. The van der Waals surface area contributed by atoms with Gasteiger partial charge in [0.05, 0.1) is 0 Å². The zero-order valence-corrected chi connectivity index (χ0v) is 8.31. The van der Waals surface area contributed by atoms with Crippen LogP contribution in [0.1, 0.15) is 0 Å². The first-order valence-corrected chi connectivity index (χ1v) is 4.00. The molecule has 0 bridgehead atoms. The number of alkyl halides is 2. The molecule has 0 aromatic carbocycles. The first-order chi connectivity index (χ1) is 4.89. The largest absolute Gasteiger partial charge is 0.328 e. The number of imide groups is 1. The van der Waals surface area contributed by atoms with Gasteiger partial charge in [-0.05, 0) is 15.9 Å². The number of hydrogen-bond acceptors (Lipinski definition) is 2. The lowest BCUT2D eigenvalue weighted by molar-refractivity contribution is -0.126. The van der Waals surface area contributed by atoms with E-state index in [2.05, 4.69) is 15.9 Å².